The molecule has 3 saturated carbocycles. The Morgan fingerprint density at radius 3 is 2.49 bits per heavy atom. The Kier molecular flexibility index (Phi) is 8.25. The van der Waals surface area contributed by atoms with Crippen LogP contribution in [-0.4, -0.2) is 47.3 Å². The molecule has 3 fully saturated rings. The van der Waals surface area contributed by atoms with Gasteiger partial charge in [0.25, 0.3) is 0 Å². The van der Waals surface area contributed by atoms with Crippen LogP contribution in [0.2, 0.25) is 0 Å². The second-order valence-electron chi connectivity index (χ2n) is 13.1. The van der Waals surface area contributed by atoms with Crippen molar-refractivity contribution in [3.8, 4) is 0 Å². The molecule has 0 aromatic heterocycles. The fourth-order valence-corrected chi connectivity index (χ4v) is 8.67. The Bertz CT molecular complexity index is 1240. The molecule has 0 saturated heterocycles. The highest BCUT2D eigenvalue weighted by Gasteiger charge is 2.66. The molecule has 8 heteroatoms. The van der Waals surface area contributed by atoms with Crippen molar-refractivity contribution in [3.63, 3.8) is 0 Å². The molecule has 4 aliphatic carbocycles. The topological polar surface area (TPSA) is 110 Å². The lowest BCUT2D eigenvalue weighted by Gasteiger charge is -2.58. The minimum Gasteiger partial charge on any atom is -0.458 e. The summed E-state index contributed by atoms with van der Waals surface area (Å²) >= 11 is 0. The molecule has 1 aromatic carbocycles. The molecule has 4 aliphatic rings. The van der Waals surface area contributed by atoms with Crippen molar-refractivity contribution in [1.82, 2.24) is 5.32 Å². The van der Waals surface area contributed by atoms with Crippen LogP contribution in [0.15, 0.2) is 35.9 Å². The summed E-state index contributed by atoms with van der Waals surface area (Å²) in [6.45, 7) is 4.21. The number of halogens is 1. The molecule has 5 rings (SSSR count). The Morgan fingerprint density at radius 1 is 1.00 bits per heavy atom. The summed E-state index contributed by atoms with van der Waals surface area (Å²) in [6.07, 6.45) is 8.32. The molecule has 0 aliphatic heterocycles. The largest absolute Gasteiger partial charge is 0.458 e. The van der Waals surface area contributed by atoms with E-state index >= 15 is 0 Å². The average molecular weight is 568 g/mol. The van der Waals surface area contributed by atoms with Crippen LogP contribution in [-0.2, 0) is 30.3 Å². The Morgan fingerprint density at radius 2 is 1.73 bits per heavy atom. The van der Waals surface area contributed by atoms with Gasteiger partial charge in [0.05, 0.1) is 6.42 Å². The van der Waals surface area contributed by atoms with E-state index in [1.54, 1.807) is 12.1 Å². The highest BCUT2D eigenvalue weighted by atomic mass is 19.1. The summed E-state index contributed by atoms with van der Waals surface area (Å²) < 4.78 is 18.2. The summed E-state index contributed by atoms with van der Waals surface area (Å²) in [4.78, 5) is 49.9. The fourth-order valence-electron chi connectivity index (χ4n) is 8.67. The van der Waals surface area contributed by atoms with Gasteiger partial charge in [-0.1, -0.05) is 31.6 Å². The van der Waals surface area contributed by atoms with Gasteiger partial charge in [-0.25, -0.2) is 4.39 Å². The normalized spacial score (nSPS) is 34.1. The molecule has 6 atom stereocenters. The number of ketones is 2. The lowest BCUT2D eigenvalue weighted by molar-refractivity contribution is -0.170. The van der Waals surface area contributed by atoms with Gasteiger partial charge in [0, 0.05) is 24.8 Å². The zero-order chi connectivity index (χ0) is 29.4. The number of fused-ring (bicyclic) bond motifs is 5. The molecule has 0 radical (unpaired) electrons. The number of carbonyl (C=O) groups is 4. The molecule has 7 nitrogen and oxygen atoms in total. The number of allylic oxidation sites excluding steroid dienone is 1. The van der Waals surface area contributed by atoms with Crippen molar-refractivity contribution < 1.29 is 33.4 Å². The molecule has 0 bridgehead atoms. The summed E-state index contributed by atoms with van der Waals surface area (Å²) in [7, 11) is 0. The van der Waals surface area contributed by atoms with Crippen molar-refractivity contribution in [2.75, 3.05) is 13.2 Å². The van der Waals surface area contributed by atoms with Gasteiger partial charge in [-0.05, 0) is 98.3 Å². The Balaban J connectivity index is 1.11. The van der Waals surface area contributed by atoms with E-state index in [2.05, 4.69) is 12.2 Å². The van der Waals surface area contributed by atoms with Gasteiger partial charge < -0.3 is 15.2 Å². The molecule has 2 unspecified atom stereocenters. The van der Waals surface area contributed by atoms with Crippen molar-refractivity contribution in [1.29, 1.82) is 0 Å². The maximum Gasteiger partial charge on any atom is 0.306 e. The monoisotopic (exact) mass is 567 g/mol. The lowest BCUT2D eigenvalue weighted by Crippen LogP contribution is -2.58. The third-order valence-electron chi connectivity index (χ3n) is 11.1. The van der Waals surface area contributed by atoms with Crippen molar-refractivity contribution >= 4 is 23.4 Å². The van der Waals surface area contributed by atoms with E-state index in [1.807, 2.05) is 13.0 Å². The predicted octanol–water partition coefficient (Wildman–Crippen LogP) is 4.64. The number of amides is 1. The minimum absolute atomic E-state index is 0.0195. The van der Waals surface area contributed by atoms with Crippen LogP contribution in [0, 0.1) is 34.4 Å². The molecule has 1 amide bonds. The maximum absolute atomic E-state index is 13.4. The molecule has 0 heterocycles. The number of ether oxygens (including phenoxy) is 1. The number of rotatable bonds is 9. The van der Waals surface area contributed by atoms with E-state index in [4.69, 9.17) is 4.74 Å². The predicted molar refractivity (Wildman–Crippen MR) is 150 cm³/mol. The number of hydrogen-bond donors (Lipinski definition) is 2. The van der Waals surface area contributed by atoms with Crippen molar-refractivity contribution in [2.24, 2.45) is 28.6 Å². The zero-order valence-corrected chi connectivity index (χ0v) is 24.2. The highest BCUT2D eigenvalue weighted by Crippen LogP contribution is 2.67. The average Bonchev–Trinajstić information content (AvgIpc) is 3.23. The van der Waals surface area contributed by atoms with E-state index in [9.17, 15) is 28.7 Å². The third kappa shape index (κ3) is 5.52. The van der Waals surface area contributed by atoms with Gasteiger partial charge in [0.2, 0.25) is 11.7 Å². The second-order valence-corrected chi connectivity index (χ2v) is 13.1. The number of benzene rings is 1. The second kappa shape index (κ2) is 11.4. The smallest absolute Gasteiger partial charge is 0.306 e. The standard InChI is InChI=1S/C33H42FNO6/c1-31-15-11-24(36)19-22(31)5-8-25-26(31)12-16-32(2)27(25)13-17-33(32,40)28(37)20-41-30(39)10-9-29(38)35-18-14-21-3-6-23(34)7-4-21/h3-4,6-7,19,25-27,40H,5,8-18,20H2,1-2H3,(H,35,38)/t25-,26?,27?,31+,32+,33+/m1/s1. The Hall–Kier alpha value is -2.87. The van der Waals surface area contributed by atoms with Gasteiger partial charge in [0.15, 0.2) is 12.4 Å². The van der Waals surface area contributed by atoms with Crippen LogP contribution >= 0.6 is 0 Å². The summed E-state index contributed by atoms with van der Waals surface area (Å²) in [5, 5.41) is 14.5. The van der Waals surface area contributed by atoms with Crippen LogP contribution in [0.4, 0.5) is 4.39 Å². The summed E-state index contributed by atoms with van der Waals surface area (Å²) in [6, 6.07) is 6.05. The van der Waals surface area contributed by atoms with Gasteiger partial charge in [-0.3, -0.25) is 19.2 Å². The first-order chi connectivity index (χ1) is 19.5. The van der Waals surface area contributed by atoms with E-state index in [-0.39, 0.29) is 41.7 Å². The van der Waals surface area contributed by atoms with Gasteiger partial charge in [-0.15, -0.1) is 0 Å². The van der Waals surface area contributed by atoms with E-state index in [0.717, 1.165) is 44.1 Å². The van der Waals surface area contributed by atoms with E-state index < -0.39 is 29.4 Å². The Labute approximate surface area is 241 Å². The van der Waals surface area contributed by atoms with Gasteiger partial charge in [0.1, 0.15) is 11.4 Å². The van der Waals surface area contributed by atoms with Crippen LogP contribution in [0.3, 0.4) is 0 Å². The third-order valence-corrected chi connectivity index (χ3v) is 11.1. The summed E-state index contributed by atoms with van der Waals surface area (Å²) in [5.41, 5.74) is 0.0794. The zero-order valence-electron chi connectivity index (χ0n) is 24.2. The van der Waals surface area contributed by atoms with Crippen molar-refractivity contribution in [3.05, 3.63) is 47.3 Å². The quantitative estimate of drug-likeness (QED) is 0.421. The highest BCUT2D eigenvalue weighted by molar-refractivity contribution is 5.92. The number of Topliss-reactive ketones (excluding diaryl/α,β-unsaturated/α-hetero) is 1. The maximum atomic E-state index is 13.4. The molecule has 1 aromatic rings. The lowest BCUT2D eigenvalue weighted by atomic mass is 9.46. The number of esters is 1. The van der Waals surface area contributed by atoms with E-state index in [1.165, 1.54) is 17.7 Å². The summed E-state index contributed by atoms with van der Waals surface area (Å²) in [5.74, 6) is -0.437. The van der Waals surface area contributed by atoms with Crippen LogP contribution in [0.5, 0.6) is 0 Å². The first kappa shape index (κ1) is 29.6. The van der Waals surface area contributed by atoms with E-state index in [0.29, 0.717) is 37.6 Å². The molecule has 41 heavy (non-hydrogen) atoms. The fraction of sp³-hybridized carbons (Fsp3) is 0.636. The SMILES string of the molecule is C[C@]12CCC(=O)C=C1CC[C@@H]1C2CC[C@@]2(C)C1CC[C@]2(O)C(=O)COC(=O)CCC(=O)NCCc1ccc(F)cc1. The minimum atomic E-state index is -1.54. The number of nitrogens with one attached hydrogen (secondary N) is 1. The van der Waals surface area contributed by atoms with Gasteiger partial charge >= 0.3 is 5.97 Å². The first-order valence-corrected chi connectivity index (χ1v) is 15.1. The number of carbonyl (C=O) groups excluding carboxylic acids is 4. The number of hydrogen-bond acceptors (Lipinski definition) is 6. The molecule has 0 spiro atoms. The number of aliphatic hydroxyl groups is 1. The molecular formula is C33H42FNO6. The van der Waals surface area contributed by atoms with Crippen LogP contribution in [0.1, 0.15) is 83.6 Å². The molecular weight excluding hydrogens is 525 g/mol. The van der Waals surface area contributed by atoms with Gasteiger partial charge in [-0.2, -0.15) is 0 Å². The first-order valence-electron chi connectivity index (χ1n) is 15.1. The molecule has 222 valence electrons. The van der Waals surface area contributed by atoms with Crippen LogP contribution in [0.25, 0.3) is 0 Å². The van der Waals surface area contributed by atoms with Crippen LogP contribution < -0.4 is 5.32 Å². The van der Waals surface area contributed by atoms with Crippen molar-refractivity contribution in [2.45, 2.75) is 90.1 Å². The molecule has 2 N–H and O–H groups in total.